The van der Waals surface area contributed by atoms with Crippen molar-refractivity contribution in [3.63, 3.8) is 0 Å². The third-order valence-electron chi connectivity index (χ3n) is 2.25. The molecule has 1 aliphatic rings. The van der Waals surface area contributed by atoms with E-state index in [2.05, 4.69) is 0 Å². The predicted octanol–water partition coefficient (Wildman–Crippen LogP) is -0.0927. The molecule has 1 aromatic carbocycles. The third kappa shape index (κ3) is 1.33. The van der Waals surface area contributed by atoms with Crippen LogP contribution in [0, 0.1) is 0 Å². The number of carbonyl (C=O) groups excluding carboxylic acids is 2. The Hall–Kier alpha value is -1.72. The van der Waals surface area contributed by atoms with Crippen LogP contribution >= 0.6 is 0 Å². The molecule has 0 spiro atoms. The van der Waals surface area contributed by atoms with Gasteiger partial charge in [-0.1, -0.05) is 12.1 Å². The molecule has 3 N–H and O–H groups in total. The first-order valence-corrected chi connectivity index (χ1v) is 4.42. The fourth-order valence-corrected chi connectivity index (χ4v) is 1.60. The fraction of sp³-hybridized carbons (Fsp3) is 0.200. The Balaban J connectivity index is 2.55. The van der Waals surface area contributed by atoms with Crippen LogP contribution in [0.4, 0.5) is 0 Å². The number of carbonyl (C=O) groups is 2. The highest BCUT2D eigenvalue weighted by Crippen LogP contribution is 2.25. The summed E-state index contributed by atoms with van der Waals surface area (Å²) >= 11 is 0. The van der Waals surface area contributed by atoms with Crippen LogP contribution in [-0.4, -0.2) is 27.7 Å². The molecular formula is C10H10N2O3. The van der Waals surface area contributed by atoms with E-state index in [4.69, 9.17) is 5.73 Å². The SMILES string of the molecule is CC(N)(O)N1C(=O)c2ccccc2C1=O. The lowest BCUT2D eigenvalue weighted by Crippen LogP contribution is -2.56. The molecule has 0 saturated heterocycles. The van der Waals surface area contributed by atoms with Gasteiger partial charge in [-0.25, -0.2) is 4.90 Å². The first kappa shape index (κ1) is 9.82. The van der Waals surface area contributed by atoms with Crippen LogP contribution in [0.25, 0.3) is 0 Å². The average Bonchev–Trinajstić information content (AvgIpc) is 2.39. The quantitative estimate of drug-likeness (QED) is 0.496. The number of amides is 2. The summed E-state index contributed by atoms with van der Waals surface area (Å²) in [7, 11) is 0. The topological polar surface area (TPSA) is 83.6 Å². The zero-order valence-corrected chi connectivity index (χ0v) is 8.10. The highest BCUT2D eigenvalue weighted by molar-refractivity contribution is 6.21. The van der Waals surface area contributed by atoms with Crippen molar-refractivity contribution in [1.82, 2.24) is 4.90 Å². The number of nitrogens with two attached hydrogens (primary N) is 1. The molecule has 1 aromatic rings. The summed E-state index contributed by atoms with van der Waals surface area (Å²) in [5, 5.41) is 9.49. The van der Waals surface area contributed by atoms with Crippen molar-refractivity contribution in [1.29, 1.82) is 0 Å². The van der Waals surface area contributed by atoms with Crippen molar-refractivity contribution in [3.8, 4) is 0 Å². The molecule has 1 atom stereocenters. The van der Waals surface area contributed by atoms with Crippen molar-refractivity contribution >= 4 is 11.8 Å². The van der Waals surface area contributed by atoms with Crippen LogP contribution in [-0.2, 0) is 0 Å². The van der Waals surface area contributed by atoms with Crippen molar-refractivity contribution in [3.05, 3.63) is 35.4 Å². The van der Waals surface area contributed by atoms with Gasteiger partial charge in [-0.05, 0) is 19.1 Å². The minimum absolute atomic E-state index is 0.272. The minimum Gasteiger partial charge on any atom is -0.358 e. The zero-order chi connectivity index (χ0) is 11.2. The van der Waals surface area contributed by atoms with Gasteiger partial charge in [0.25, 0.3) is 11.8 Å². The van der Waals surface area contributed by atoms with Crippen LogP contribution in [0.3, 0.4) is 0 Å². The molecule has 5 heteroatoms. The maximum absolute atomic E-state index is 11.7. The molecule has 0 aliphatic carbocycles. The molecule has 0 radical (unpaired) electrons. The molecule has 1 heterocycles. The fourth-order valence-electron chi connectivity index (χ4n) is 1.60. The second kappa shape index (κ2) is 2.88. The summed E-state index contributed by atoms with van der Waals surface area (Å²) in [6.07, 6.45) is 0. The third-order valence-corrected chi connectivity index (χ3v) is 2.25. The Morgan fingerprint density at radius 3 is 1.93 bits per heavy atom. The summed E-state index contributed by atoms with van der Waals surface area (Å²) in [5.41, 5.74) is 5.88. The number of hydrogen-bond acceptors (Lipinski definition) is 4. The first-order valence-electron chi connectivity index (χ1n) is 4.42. The minimum atomic E-state index is -1.97. The van der Waals surface area contributed by atoms with Gasteiger partial charge in [0.15, 0.2) is 5.85 Å². The van der Waals surface area contributed by atoms with Gasteiger partial charge in [0.2, 0.25) is 0 Å². The van der Waals surface area contributed by atoms with Gasteiger partial charge < -0.3 is 5.11 Å². The zero-order valence-electron chi connectivity index (χ0n) is 8.10. The monoisotopic (exact) mass is 206 g/mol. The van der Waals surface area contributed by atoms with E-state index >= 15 is 0 Å². The summed E-state index contributed by atoms with van der Waals surface area (Å²) < 4.78 is 0. The molecule has 0 bridgehead atoms. The van der Waals surface area contributed by atoms with E-state index in [0.717, 1.165) is 0 Å². The maximum atomic E-state index is 11.7. The number of nitrogens with zero attached hydrogens (tertiary/aromatic N) is 1. The van der Waals surface area contributed by atoms with Crippen LogP contribution in [0.2, 0.25) is 0 Å². The number of hydrogen-bond donors (Lipinski definition) is 2. The first-order chi connectivity index (χ1) is 6.93. The van der Waals surface area contributed by atoms with E-state index in [1.54, 1.807) is 12.1 Å². The summed E-state index contributed by atoms with van der Waals surface area (Å²) in [4.78, 5) is 24.1. The molecule has 0 fully saturated rings. The van der Waals surface area contributed by atoms with Gasteiger partial charge in [-0.2, -0.15) is 0 Å². The number of benzene rings is 1. The Kier molecular flexibility index (Phi) is 1.89. The van der Waals surface area contributed by atoms with Gasteiger partial charge in [-0.3, -0.25) is 15.3 Å². The smallest absolute Gasteiger partial charge is 0.264 e. The average molecular weight is 206 g/mol. The molecule has 78 valence electrons. The molecule has 0 saturated carbocycles. The van der Waals surface area contributed by atoms with Crippen LogP contribution in [0.5, 0.6) is 0 Å². The standard InChI is InChI=1S/C10H10N2O3/c1-10(11,15)12-8(13)6-4-2-3-5-7(6)9(12)14/h2-5,15H,11H2,1H3. The Morgan fingerprint density at radius 2 is 1.60 bits per heavy atom. The highest BCUT2D eigenvalue weighted by atomic mass is 16.3. The van der Waals surface area contributed by atoms with Crippen LogP contribution < -0.4 is 5.73 Å². The summed E-state index contributed by atoms with van der Waals surface area (Å²) in [5.74, 6) is -3.10. The lowest BCUT2D eigenvalue weighted by molar-refractivity contribution is -0.0498. The van der Waals surface area contributed by atoms with Gasteiger partial charge >= 0.3 is 0 Å². The van der Waals surface area contributed by atoms with Gasteiger partial charge in [0.1, 0.15) is 0 Å². The Morgan fingerprint density at radius 1 is 1.20 bits per heavy atom. The number of imide groups is 1. The summed E-state index contributed by atoms with van der Waals surface area (Å²) in [6, 6.07) is 6.36. The molecular weight excluding hydrogens is 196 g/mol. The molecule has 2 amide bonds. The van der Waals surface area contributed by atoms with Crippen LogP contribution in [0.15, 0.2) is 24.3 Å². The molecule has 0 aromatic heterocycles. The second-order valence-corrected chi connectivity index (χ2v) is 3.59. The van der Waals surface area contributed by atoms with E-state index in [-0.39, 0.29) is 11.1 Å². The highest BCUT2D eigenvalue weighted by Gasteiger charge is 2.43. The molecule has 2 rings (SSSR count). The van der Waals surface area contributed by atoms with Crippen LogP contribution in [0.1, 0.15) is 27.6 Å². The Bertz CT molecular complexity index is 413. The molecule has 5 nitrogen and oxygen atoms in total. The van der Waals surface area contributed by atoms with E-state index in [1.165, 1.54) is 19.1 Å². The normalized spacial score (nSPS) is 19.0. The lowest BCUT2D eigenvalue weighted by Gasteiger charge is -2.27. The number of aliphatic hydroxyl groups is 1. The Labute approximate surface area is 86.1 Å². The number of rotatable bonds is 1. The van der Waals surface area contributed by atoms with Gasteiger partial charge in [-0.15, -0.1) is 0 Å². The van der Waals surface area contributed by atoms with Crippen molar-refractivity contribution in [2.24, 2.45) is 5.73 Å². The number of fused-ring (bicyclic) bond motifs is 1. The molecule has 15 heavy (non-hydrogen) atoms. The van der Waals surface area contributed by atoms with Gasteiger partial charge in [0.05, 0.1) is 11.1 Å². The predicted molar refractivity (Wildman–Crippen MR) is 51.8 cm³/mol. The maximum Gasteiger partial charge on any atom is 0.264 e. The second-order valence-electron chi connectivity index (χ2n) is 3.59. The van der Waals surface area contributed by atoms with Crippen molar-refractivity contribution in [2.75, 3.05) is 0 Å². The van der Waals surface area contributed by atoms with E-state index in [1.807, 2.05) is 0 Å². The van der Waals surface area contributed by atoms with E-state index < -0.39 is 17.7 Å². The van der Waals surface area contributed by atoms with Gasteiger partial charge in [0, 0.05) is 0 Å². The van der Waals surface area contributed by atoms with Crippen molar-refractivity contribution < 1.29 is 14.7 Å². The van der Waals surface area contributed by atoms with E-state index in [9.17, 15) is 14.7 Å². The summed E-state index contributed by atoms with van der Waals surface area (Å²) in [6.45, 7) is 1.19. The van der Waals surface area contributed by atoms with E-state index in [0.29, 0.717) is 4.90 Å². The molecule has 1 unspecified atom stereocenters. The largest absolute Gasteiger partial charge is 0.358 e. The van der Waals surface area contributed by atoms with Crippen molar-refractivity contribution in [2.45, 2.75) is 12.8 Å². The molecule has 1 aliphatic heterocycles. The lowest BCUT2D eigenvalue weighted by atomic mass is 10.1.